The van der Waals surface area contributed by atoms with Gasteiger partial charge in [0.2, 0.25) is 0 Å². The average Bonchev–Trinajstić information content (AvgIpc) is 3.12. The normalized spacial score (nSPS) is 13.0. The number of benzene rings is 2. The highest BCUT2D eigenvalue weighted by Gasteiger charge is 2.26. The number of rotatable bonds is 8. The fourth-order valence-electron chi connectivity index (χ4n) is 2.27. The average molecular weight is 419 g/mol. The molecule has 2 N–H and O–H groups in total. The van der Waals surface area contributed by atoms with Crippen molar-refractivity contribution in [2.75, 3.05) is 0 Å². The Labute approximate surface area is 167 Å². The van der Waals surface area contributed by atoms with Crippen molar-refractivity contribution in [1.82, 2.24) is 10.2 Å². The lowest BCUT2D eigenvalue weighted by Crippen LogP contribution is -2.07. The van der Waals surface area contributed by atoms with Gasteiger partial charge in [0, 0.05) is 0 Å². The van der Waals surface area contributed by atoms with Crippen molar-refractivity contribution < 1.29 is 19.8 Å². The first kappa shape index (κ1) is 19.4. The molecule has 0 unspecified atom stereocenters. The summed E-state index contributed by atoms with van der Waals surface area (Å²) in [6, 6.07) is 17.8. The SMILES string of the molecule is O=C(O)[C@@H](Sc1nnc(S[C@H](C(=O)O)c2ccccc2)s1)c1ccccc1. The second-order valence-corrected chi connectivity index (χ2v) is 9.01. The third-order valence-electron chi connectivity index (χ3n) is 3.48. The first-order chi connectivity index (χ1) is 13.0. The number of thioether (sulfide) groups is 2. The number of aliphatic carboxylic acids is 2. The van der Waals surface area contributed by atoms with E-state index in [2.05, 4.69) is 10.2 Å². The van der Waals surface area contributed by atoms with Gasteiger partial charge in [-0.1, -0.05) is 95.5 Å². The summed E-state index contributed by atoms with van der Waals surface area (Å²) in [4.78, 5) is 23.2. The molecule has 1 aromatic heterocycles. The van der Waals surface area contributed by atoms with E-state index in [0.717, 1.165) is 23.5 Å². The van der Waals surface area contributed by atoms with E-state index in [9.17, 15) is 19.8 Å². The lowest BCUT2D eigenvalue weighted by Gasteiger charge is -2.10. The number of carboxylic acid groups (broad SMARTS) is 2. The van der Waals surface area contributed by atoms with E-state index in [4.69, 9.17) is 0 Å². The Kier molecular flexibility index (Phi) is 6.49. The van der Waals surface area contributed by atoms with E-state index < -0.39 is 22.4 Å². The van der Waals surface area contributed by atoms with E-state index in [1.165, 1.54) is 11.3 Å². The first-order valence-corrected chi connectivity index (χ1v) is 10.3. The standard InChI is InChI=1S/C18H14N2O4S3/c21-15(22)13(11-7-3-1-4-8-11)25-17-19-20-18(27-17)26-14(16(23)24)12-9-5-2-6-10-12/h1-10,13-14H,(H,21,22)(H,23,24)/t13-,14-/m0/s1. The van der Waals surface area contributed by atoms with Gasteiger partial charge in [0.05, 0.1) is 0 Å². The van der Waals surface area contributed by atoms with Crippen LogP contribution in [0, 0.1) is 0 Å². The zero-order valence-corrected chi connectivity index (χ0v) is 16.2. The van der Waals surface area contributed by atoms with E-state index in [-0.39, 0.29) is 0 Å². The molecule has 0 saturated carbocycles. The molecule has 1 heterocycles. The van der Waals surface area contributed by atoms with Crippen molar-refractivity contribution in [3.05, 3.63) is 71.8 Å². The molecule has 2 aromatic carbocycles. The number of carboxylic acids is 2. The third-order valence-corrected chi connectivity index (χ3v) is 7.05. The molecule has 9 heteroatoms. The van der Waals surface area contributed by atoms with Crippen molar-refractivity contribution in [3.8, 4) is 0 Å². The van der Waals surface area contributed by atoms with Crippen LogP contribution in [0.25, 0.3) is 0 Å². The summed E-state index contributed by atoms with van der Waals surface area (Å²) in [5.41, 5.74) is 1.32. The molecule has 0 amide bonds. The van der Waals surface area contributed by atoms with Crippen molar-refractivity contribution in [1.29, 1.82) is 0 Å². The fourth-order valence-corrected chi connectivity index (χ4v) is 5.55. The van der Waals surface area contributed by atoms with Gasteiger partial charge in [-0.2, -0.15) is 0 Å². The molecule has 0 radical (unpaired) electrons. The molecule has 3 rings (SSSR count). The molecule has 0 spiro atoms. The van der Waals surface area contributed by atoms with Crippen LogP contribution >= 0.6 is 34.9 Å². The molecule has 138 valence electrons. The van der Waals surface area contributed by atoms with Crippen LogP contribution in [0.4, 0.5) is 0 Å². The number of hydrogen-bond acceptors (Lipinski definition) is 7. The predicted octanol–water partition coefficient (Wildman–Crippen LogP) is 4.37. The fraction of sp³-hybridized carbons (Fsp3) is 0.111. The molecule has 2 atom stereocenters. The Morgan fingerprint density at radius 1 is 0.741 bits per heavy atom. The lowest BCUT2D eigenvalue weighted by atomic mass is 10.1. The second kappa shape index (κ2) is 9.03. The molecule has 0 bridgehead atoms. The van der Waals surface area contributed by atoms with Gasteiger partial charge in [0.15, 0.2) is 8.68 Å². The Morgan fingerprint density at radius 2 is 1.11 bits per heavy atom. The minimum Gasteiger partial charge on any atom is -0.480 e. The second-order valence-electron chi connectivity index (χ2n) is 5.33. The maximum absolute atomic E-state index is 11.6. The van der Waals surface area contributed by atoms with Gasteiger partial charge in [0.25, 0.3) is 0 Å². The zero-order chi connectivity index (χ0) is 19.2. The molecule has 3 aromatic rings. The summed E-state index contributed by atoms with van der Waals surface area (Å²) in [6.45, 7) is 0. The minimum absolute atomic E-state index is 0.478. The smallest absolute Gasteiger partial charge is 0.321 e. The van der Waals surface area contributed by atoms with Crippen LogP contribution in [0.3, 0.4) is 0 Å². The van der Waals surface area contributed by atoms with Crippen LogP contribution < -0.4 is 0 Å². The van der Waals surface area contributed by atoms with Gasteiger partial charge in [-0.05, 0) is 11.1 Å². The summed E-state index contributed by atoms with van der Waals surface area (Å²) in [6.07, 6.45) is 0. The molecule has 0 aliphatic heterocycles. The van der Waals surface area contributed by atoms with E-state index in [1.54, 1.807) is 48.5 Å². The minimum atomic E-state index is -0.969. The van der Waals surface area contributed by atoms with Gasteiger partial charge in [-0.25, -0.2) is 0 Å². The number of hydrogen-bond donors (Lipinski definition) is 2. The maximum atomic E-state index is 11.6. The molecule has 6 nitrogen and oxygen atoms in total. The molecular weight excluding hydrogens is 404 g/mol. The van der Waals surface area contributed by atoms with E-state index in [1.807, 2.05) is 12.1 Å². The Balaban J connectivity index is 1.76. The molecule has 27 heavy (non-hydrogen) atoms. The number of carbonyl (C=O) groups is 2. The van der Waals surface area contributed by atoms with Crippen molar-refractivity contribution in [2.45, 2.75) is 19.2 Å². The monoisotopic (exact) mass is 418 g/mol. The summed E-state index contributed by atoms with van der Waals surface area (Å²) in [7, 11) is 0. The number of nitrogens with zero attached hydrogens (tertiary/aromatic N) is 2. The Bertz CT molecular complexity index is 845. The lowest BCUT2D eigenvalue weighted by molar-refractivity contribution is -0.137. The summed E-state index contributed by atoms with van der Waals surface area (Å²) < 4.78 is 0.955. The Morgan fingerprint density at radius 3 is 1.44 bits per heavy atom. The molecule has 0 aliphatic rings. The van der Waals surface area contributed by atoms with Crippen LogP contribution in [0.5, 0.6) is 0 Å². The van der Waals surface area contributed by atoms with Gasteiger partial charge < -0.3 is 10.2 Å². The molecule has 0 saturated heterocycles. The van der Waals surface area contributed by atoms with Crippen LogP contribution in [-0.2, 0) is 9.59 Å². The summed E-state index contributed by atoms with van der Waals surface area (Å²) >= 11 is 3.36. The van der Waals surface area contributed by atoms with Crippen LogP contribution in [0.2, 0.25) is 0 Å². The first-order valence-electron chi connectivity index (χ1n) is 7.77. The third kappa shape index (κ3) is 5.09. The van der Waals surface area contributed by atoms with Gasteiger partial charge in [-0.3, -0.25) is 9.59 Å². The molecular formula is C18H14N2O4S3. The zero-order valence-electron chi connectivity index (χ0n) is 13.8. The molecule has 0 aliphatic carbocycles. The highest BCUT2D eigenvalue weighted by molar-refractivity contribution is 8.04. The maximum Gasteiger partial charge on any atom is 0.321 e. The predicted molar refractivity (Wildman–Crippen MR) is 105 cm³/mol. The van der Waals surface area contributed by atoms with Crippen LogP contribution in [0.15, 0.2) is 69.3 Å². The van der Waals surface area contributed by atoms with Gasteiger partial charge in [0.1, 0.15) is 10.5 Å². The highest BCUT2D eigenvalue weighted by Crippen LogP contribution is 2.42. The Hall–Kier alpha value is -2.36. The summed E-state index contributed by atoms with van der Waals surface area (Å²) in [5, 5.41) is 25.5. The highest BCUT2D eigenvalue weighted by atomic mass is 32.2. The van der Waals surface area contributed by atoms with E-state index >= 15 is 0 Å². The topological polar surface area (TPSA) is 100 Å². The van der Waals surface area contributed by atoms with Crippen molar-refractivity contribution in [3.63, 3.8) is 0 Å². The van der Waals surface area contributed by atoms with E-state index in [0.29, 0.717) is 19.8 Å². The number of aromatic nitrogens is 2. The quantitative estimate of drug-likeness (QED) is 0.520. The van der Waals surface area contributed by atoms with Gasteiger partial charge in [-0.15, -0.1) is 10.2 Å². The van der Waals surface area contributed by atoms with Crippen molar-refractivity contribution in [2.24, 2.45) is 0 Å². The molecule has 0 fully saturated rings. The van der Waals surface area contributed by atoms with Crippen LogP contribution in [-0.4, -0.2) is 32.3 Å². The summed E-state index contributed by atoms with van der Waals surface area (Å²) in [5.74, 6) is -1.94. The van der Waals surface area contributed by atoms with Gasteiger partial charge >= 0.3 is 11.9 Å². The van der Waals surface area contributed by atoms with Crippen molar-refractivity contribution >= 4 is 46.8 Å². The largest absolute Gasteiger partial charge is 0.480 e. The van der Waals surface area contributed by atoms with Crippen LogP contribution in [0.1, 0.15) is 21.6 Å².